The van der Waals surface area contributed by atoms with Crippen LogP contribution in [-0.4, -0.2) is 43.3 Å². The van der Waals surface area contributed by atoms with Crippen molar-refractivity contribution in [1.29, 1.82) is 5.26 Å². The molecule has 186 valence electrons. The molecule has 3 rings (SSSR count). The van der Waals surface area contributed by atoms with Gasteiger partial charge >= 0.3 is 0 Å². The molecule has 11 heteroatoms. The van der Waals surface area contributed by atoms with Crippen LogP contribution in [0.2, 0.25) is 5.02 Å². The van der Waals surface area contributed by atoms with E-state index in [1.54, 1.807) is 41.6 Å². The van der Waals surface area contributed by atoms with Crippen LogP contribution in [-0.2, 0) is 16.4 Å². The minimum Gasteiger partial charge on any atom is -0.339 e. The molecule has 1 aromatic heterocycles. The van der Waals surface area contributed by atoms with E-state index in [-0.39, 0.29) is 38.8 Å². The number of carbonyl (C=O) groups is 1. The smallest absolute Gasteiger partial charge is 0.253 e. The highest BCUT2D eigenvalue weighted by Crippen LogP contribution is 2.26. The van der Waals surface area contributed by atoms with Gasteiger partial charge in [-0.2, -0.15) is 5.26 Å². The number of guanidine groups is 1. The molecule has 0 aliphatic heterocycles. The van der Waals surface area contributed by atoms with Crippen molar-refractivity contribution < 1.29 is 13.2 Å². The summed E-state index contributed by atoms with van der Waals surface area (Å²) in [4.78, 5) is 22.6. The Bertz CT molecular complexity index is 1380. The van der Waals surface area contributed by atoms with Crippen LogP contribution in [0.1, 0.15) is 29.8 Å². The predicted octanol–water partition coefficient (Wildman–Crippen LogP) is 4.09. The van der Waals surface area contributed by atoms with Crippen molar-refractivity contribution in [3.63, 3.8) is 0 Å². The van der Waals surface area contributed by atoms with Gasteiger partial charge in [-0.15, -0.1) is 0 Å². The molecule has 0 atom stereocenters. The van der Waals surface area contributed by atoms with E-state index in [2.05, 4.69) is 20.6 Å². The van der Waals surface area contributed by atoms with Crippen molar-refractivity contribution in [2.75, 3.05) is 18.4 Å². The summed E-state index contributed by atoms with van der Waals surface area (Å²) in [5.41, 5.74) is 1.65. The minimum atomic E-state index is -3.92. The van der Waals surface area contributed by atoms with E-state index in [0.717, 1.165) is 5.56 Å². The van der Waals surface area contributed by atoms with Crippen molar-refractivity contribution in [3.05, 3.63) is 83.1 Å². The molecular formula is C25H25ClN6O3S. The van der Waals surface area contributed by atoms with E-state index in [0.29, 0.717) is 18.8 Å². The monoisotopic (exact) mass is 524 g/mol. The van der Waals surface area contributed by atoms with Crippen LogP contribution in [0.3, 0.4) is 0 Å². The number of hydrogen-bond acceptors (Lipinski definition) is 6. The van der Waals surface area contributed by atoms with E-state index in [1.165, 1.54) is 30.3 Å². The SMILES string of the molecule is CCN(CC)C(=O)c1cc(Cl)cc(S(=O)(=O)c2ccc(CN=C(NC#N)Nc3ccncc3)cc2)c1. The fraction of sp³-hybridized carbons (Fsp3) is 0.200. The van der Waals surface area contributed by atoms with Crippen LogP contribution in [0, 0.1) is 11.5 Å². The summed E-state index contributed by atoms with van der Waals surface area (Å²) in [6, 6.07) is 13.8. The lowest BCUT2D eigenvalue weighted by Gasteiger charge is -2.19. The summed E-state index contributed by atoms with van der Waals surface area (Å²) in [5.74, 6) is -0.0426. The molecule has 0 radical (unpaired) electrons. The van der Waals surface area contributed by atoms with Gasteiger partial charge in [0.05, 0.1) is 16.3 Å². The lowest BCUT2D eigenvalue weighted by atomic mass is 10.2. The zero-order chi connectivity index (χ0) is 26.1. The first-order valence-electron chi connectivity index (χ1n) is 11.1. The summed E-state index contributed by atoms with van der Waals surface area (Å²) in [5, 5.41) is 14.6. The van der Waals surface area contributed by atoms with Gasteiger partial charge < -0.3 is 10.2 Å². The molecule has 0 unspecified atom stereocenters. The number of nitrogens with zero attached hydrogens (tertiary/aromatic N) is 4. The van der Waals surface area contributed by atoms with Gasteiger partial charge in [-0.25, -0.2) is 13.4 Å². The maximum Gasteiger partial charge on any atom is 0.253 e. The van der Waals surface area contributed by atoms with Gasteiger partial charge in [0, 0.05) is 41.8 Å². The second-order valence-electron chi connectivity index (χ2n) is 7.56. The molecule has 0 fully saturated rings. The highest BCUT2D eigenvalue weighted by Gasteiger charge is 2.22. The summed E-state index contributed by atoms with van der Waals surface area (Å²) >= 11 is 6.17. The Morgan fingerprint density at radius 3 is 2.33 bits per heavy atom. The number of carbonyl (C=O) groups excluding carboxylic acids is 1. The quantitative estimate of drug-likeness (QED) is 0.196. The number of amides is 1. The summed E-state index contributed by atoms with van der Waals surface area (Å²) < 4.78 is 26.5. The van der Waals surface area contributed by atoms with Gasteiger partial charge in [0.15, 0.2) is 6.19 Å². The molecule has 0 aliphatic carbocycles. The molecule has 0 bridgehead atoms. The Morgan fingerprint density at radius 1 is 1.06 bits per heavy atom. The van der Waals surface area contributed by atoms with Gasteiger partial charge in [-0.1, -0.05) is 23.7 Å². The van der Waals surface area contributed by atoms with Crippen LogP contribution in [0.15, 0.2) is 81.8 Å². The Kier molecular flexibility index (Phi) is 9.00. The average Bonchev–Trinajstić information content (AvgIpc) is 2.88. The Balaban J connectivity index is 1.81. The van der Waals surface area contributed by atoms with Crippen LogP contribution in [0.4, 0.5) is 5.69 Å². The van der Waals surface area contributed by atoms with Gasteiger partial charge in [0.2, 0.25) is 15.8 Å². The molecule has 2 N–H and O–H groups in total. The van der Waals surface area contributed by atoms with Gasteiger partial charge in [0.1, 0.15) is 0 Å². The lowest BCUT2D eigenvalue weighted by molar-refractivity contribution is 0.0772. The number of aliphatic imine (C=N–C) groups is 1. The van der Waals surface area contributed by atoms with Crippen molar-refractivity contribution in [2.24, 2.45) is 4.99 Å². The normalized spacial score (nSPS) is 11.4. The maximum atomic E-state index is 13.3. The van der Waals surface area contributed by atoms with Crippen molar-refractivity contribution in [3.8, 4) is 6.19 Å². The van der Waals surface area contributed by atoms with Crippen LogP contribution >= 0.6 is 11.6 Å². The average molecular weight is 525 g/mol. The third-order valence-electron chi connectivity index (χ3n) is 5.25. The number of benzene rings is 2. The van der Waals surface area contributed by atoms with E-state index in [4.69, 9.17) is 16.9 Å². The fourth-order valence-electron chi connectivity index (χ4n) is 3.35. The Morgan fingerprint density at radius 2 is 1.72 bits per heavy atom. The van der Waals surface area contributed by atoms with Crippen LogP contribution in [0.25, 0.3) is 0 Å². The fourth-order valence-corrected chi connectivity index (χ4v) is 4.98. The highest BCUT2D eigenvalue weighted by molar-refractivity contribution is 7.91. The molecule has 1 amide bonds. The maximum absolute atomic E-state index is 13.3. The third kappa shape index (κ3) is 6.59. The number of rotatable bonds is 8. The second-order valence-corrected chi connectivity index (χ2v) is 9.95. The topological polar surface area (TPSA) is 128 Å². The standard InChI is InChI=1S/C25H25ClN6O3S/c1-3-32(4-2)24(33)19-13-20(26)15-23(14-19)36(34,35)22-7-5-18(6-8-22)16-29-25(30-17-27)31-21-9-11-28-12-10-21/h5-15H,3-4,16H2,1-2H3,(H2,28,29,30,31). The molecule has 1 heterocycles. The molecule has 3 aromatic rings. The first-order chi connectivity index (χ1) is 17.3. The number of halogens is 1. The minimum absolute atomic E-state index is 0.0571. The zero-order valence-corrected chi connectivity index (χ0v) is 21.3. The summed E-state index contributed by atoms with van der Waals surface area (Å²) in [6.45, 7) is 4.89. The molecular weight excluding hydrogens is 500 g/mol. The number of nitriles is 1. The number of aromatic nitrogens is 1. The molecule has 0 saturated heterocycles. The van der Waals surface area contributed by atoms with Crippen molar-refractivity contribution in [2.45, 2.75) is 30.2 Å². The highest BCUT2D eigenvalue weighted by atomic mass is 35.5. The molecule has 9 nitrogen and oxygen atoms in total. The van der Waals surface area contributed by atoms with E-state index >= 15 is 0 Å². The van der Waals surface area contributed by atoms with Gasteiger partial charge in [0.25, 0.3) is 5.91 Å². The number of pyridine rings is 1. The summed E-state index contributed by atoms with van der Waals surface area (Å²) in [6.07, 6.45) is 5.04. The predicted molar refractivity (Wildman–Crippen MR) is 138 cm³/mol. The molecule has 2 aromatic carbocycles. The van der Waals surface area contributed by atoms with Crippen molar-refractivity contribution in [1.82, 2.24) is 15.2 Å². The van der Waals surface area contributed by atoms with Crippen LogP contribution < -0.4 is 10.6 Å². The van der Waals surface area contributed by atoms with Gasteiger partial charge in [-0.3, -0.25) is 15.1 Å². The van der Waals surface area contributed by atoms with Crippen molar-refractivity contribution >= 4 is 39.0 Å². The Labute approximate surface area is 215 Å². The molecule has 36 heavy (non-hydrogen) atoms. The van der Waals surface area contributed by atoms with E-state index < -0.39 is 9.84 Å². The molecule has 0 saturated carbocycles. The lowest BCUT2D eigenvalue weighted by Crippen LogP contribution is -2.30. The molecule has 0 aliphatic rings. The summed E-state index contributed by atoms with van der Waals surface area (Å²) in [7, 11) is -3.92. The van der Waals surface area contributed by atoms with E-state index in [1.807, 2.05) is 20.0 Å². The Hall–Kier alpha value is -3.94. The number of nitrogens with one attached hydrogen (secondary N) is 2. The third-order valence-corrected chi connectivity index (χ3v) is 7.22. The van der Waals surface area contributed by atoms with Gasteiger partial charge in [-0.05, 0) is 61.9 Å². The number of hydrogen-bond donors (Lipinski definition) is 2. The zero-order valence-electron chi connectivity index (χ0n) is 19.8. The first-order valence-corrected chi connectivity index (χ1v) is 12.9. The second kappa shape index (κ2) is 12.2. The van der Waals surface area contributed by atoms with E-state index in [9.17, 15) is 13.2 Å². The van der Waals surface area contributed by atoms with Crippen LogP contribution in [0.5, 0.6) is 0 Å². The number of sulfone groups is 1. The largest absolute Gasteiger partial charge is 0.339 e. The molecule has 0 spiro atoms. The first kappa shape index (κ1) is 26.7. The number of anilines is 1.